The van der Waals surface area contributed by atoms with Crippen LogP contribution in [-0.4, -0.2) is 14.9 Å². The first-order chi connectivity index (χ1) is 8.56. The lowest BCUT2D eigenvalue weighted by Gasteiger charge is -2.05. The number of benzene rings is 1. The van der Waals surface area contributed by atoms with Crippen molar-refractivity contribution in [2.75, 3.05) is 0 Å². The topological polar surface area (TPSA) is 78.2 Å². The molecule has 1 aromatic heterocycles. The minimum atomic E-state index is -0.530. The fourth-order valence-electron chi connectivity index (χ4n) is 1.14. The number of ether oxygens (including phenoxy) is 1. The average Bonchev–Trinajstić information content (AvgIpc) is 2.34. The van der Waals surface area contributed by atoms with Crippen LogP contribution in [0.25, 0.3) is 0 Å². The van der Waals surface area contributed by atoms with Gasteiger partial charge in [-0.15, -0.1) is 0 Å². The summed E-state index contributed by atoms with van der Waals surface area (Å²) in [6.45, 7) is 0. The van der Waals surface area contributed by atoms with Gasteiger partial charge in [0.15, 0.2) is 5.75 Å². The Morgan fingerprint density at radius 1 is 1.33 bits per heavy atom. The van der Waals surface area contributed by atoms with Crippen LogP contribution in [-0.2, 0) is 0 Å². The Labute approximate surface area is 120 Å². The van der Waals surface area contributed by atoms with Crippen LogP contribution >= 0.6 is 34.2 Å². The number of nitro groups is 1. The van der Waals surface area contributed by atoms with Crippen molar-refractivity contribution in [3.8, 4) is 11.8 Å². The molecule has 0 aliphatic rings. The van der Waals surface area contributed by atoms with Gasteiger partial charge in [0.05, 0.1) is 16.0 Å². The van der Waals surface area contributed by atoms with E-state index in [4.69, 9.17) is 16.3 Å². The van der Waals surface area contributed by atoms with E-state index in [9.17, 15) is 10.1 Å². The number of rotatable bonds is 3. The number of non-ortho nitro benzene ring substituents is 1. The van der Waals surface area contributed by atoms with Crippen LogP contribution in [0.15, 0.2) is 30.6 Å². The molecule has 0 saturated carbocycles. The van der Waals surface area contributed by atoms with Crippen LogP contribution in [0.2, 0.25) is 5.02 Å². The second-order valence-corrected chi connectivity index (χ2v) is 4.81. The highest BCUT2D eigenvalue weighted by Crippen LogP contribution is 2.31. The number of nitro benzene ring substituents is 1. The van der Waals surface area contributed by atoms with Crippen molar-refractivity contribution in [2.24, 2.45) is 0 Å². The van der Waals surface area contributed by atoms with Crippen molar-refractivity contribution in [2.45, 2.75) is 0 Å². The van der Waals surface area contributed by atoms with Crippen LogP contribution in [0.1, 0.15) is 0 Å². The van der Waals surface area contributed by atoms with Gasteiger partial charge in [0, 0.05) is 22.0 Å². The van der Waals surface area contributed by atoms with E-state index in [0.717, 1.165) is 3.57 Å². The fourth-order valence-corrected chi connectivity index (χ4v) is 1.57. The van der Waals surface area contributed by atoms with Crippen molar-refractivity contribution < 1.29 is 9.66 Å². The Hall–Kier alpha value is -1.48. The molecule has 0 fully saturated rings. The summed E-state index contributed by atoms with van der Waals surface area (Å²) in [5.41, 5.74) is -0.111. The Kier molecular flexibility index (Phi) is 3.92. The summed E-state index contributed by atoms with van der Waals surface area (Å²) in [5.74, 6) is 0.145. The molecule has 1 aromatic carbocycles. The van der Waals surface area contributed by atoms with E-state index in [1.54, 1.807) is 12.4 Å². The quantitative estimate of drug-likeness (QED) is 0.465. The van der Waals surface area contributed by atoms with Gasteiger partial charge in [-0.3, -0.25) is 10.1 Å². The molecule has 92 valence electrons. The summed E-state index contributed by atoms with van der Waals surface area (Å²) in [7, 11) is 0. The molecule has 0 N–H and O–H groups in total. The molecule has 0 bridgehead atoms. The van der Waals surface area contributed by atoms with Crippen LogP contribution in [0, 0.1) is 13.7 Å². The smallest absolute Gasteiger partial charge is 0.321 e. The molecule has 18 heavy (non-hydrogen) atoms. The lowest BCUT2D eigenvalue weighted by molar-refractivity contribution is -0.384. The largest absolute Gasteiger partial charge is 0.422 e. The van der Waals surface area contributed by atoms with E-state index >= 15 is 0 Å². The zero-order valence-corrected chi connectivity index (χ0v) is 11.6. The van der Waals surface area contributed by atoms with Crippen molar-refractivity contribution >= 4 is 39.9 Å². The SMILES string of the molecule is O=[N+]([O-])c1ccc(Cl)c(Oc2ncc(I)cn2)c1. The van der Waals surface area contributed by atoms with E-state index in [1.165, 1.54) is 18.2 Å². The van der Waals surface area contributed by atoms with Crippen LogP contribution in [0.3, 0.4) is 0 Å². The van der Waals surface area contributed by atoms with E-state index in [0.29, 0.717) is 0 Å². The zero-order chi connectivity index (χ0) is 13.1. The Balaban J connectivity index is 2.30. The predicted octanol–water partition coefficient (Wildman–Crippen LogP) is 3.44. The molecule has 0 atom stereocenters. The average molecular weight is 378 g/mol. The van der Waals surface area contributed by atoms with Gasteiger partial charge in [-0.25, -0.2) is 9.97 Å². The Morgan fingerprint density at radius 2 is 2.00 bits per heavy atom. The van der Waals surface area contributed by atoms with Crippen LogP contribution < -0.4 is 4.74 Å². The van der Waals surface area contributed by atoms with Gasteiger partial charge in [-0.1, -0.05) is 11.6 Å². The highest BCUT2D eigenvalue weighted by molar-refractivity contribution is 14.1. The summed E-state index contributed by atoms with van der Waals surface area (Å²) in [4.78, 5) is 17.9. The minimum absolute atomic E-state index is 0.0813. The normalized spacial score (nSPS) is 10.1. The van der Waals surface area contributed by atoms with Crippen molar-refractivity contribution in [1.82, 2.24) is 9.97 Å². The molecule has 0 unspecified atom stereocenters. The summed E-state index contributed by atoms with van der Waals surface area (Å²) in [6, 6.07) is 3.99. The second-order valence-electron chi connectivity index (χ2n) is 3.16. The van der Waals surface area contributed by atoms with Gasteiger partial charge < -0.3 is 4.74 Å². The second kappa shape index (κ2) is 5.44. The number of hydrogen-bond acceptors (Lipinski definition) is 5. The summed E-state index contributed by atoms with van der Waals surface area (Å²) in [6.07, 6.45) is 3.13. The summed E-state index contributed by atoms with van der Waals surface area (Å²) in [5, 5.41) is 10.9. The van der Waals surface area contributed by atoms with Crippen molar-refractivity contribution in [3.05, 3.63) is 49.3 Å². The molecule has 1 heterocycles. The first kappa shape index (κ1) is 13.0. The van der Waals surface area contributed by atoms with Gasteiger partial charge in [0.1, 0.15) is 0 Å². The molecule has 0 aliphatic heterocycles. The molecule has 0 spiro atoms. The molecule has 0 aliphatic carbocycles. The third-order valence-electron chi connectivity index (χ3n) is 1.92. The van der Waals surface area contributed by atoms with Gasteiger partial charge in [-0.05, 0) is 28.7 Å². The third kappa shape index (κ3) is 3.05. The Morgan fingerprint density at radius 3 is 2.61 bits per heavy atom. The highest BCUT2D eigenvalue weighted by Gasteiger charge is 2.12. The monoisotopic (exact) mass is 377 g/mol. The van der Waals surface area contributed by atoms with Crippen LogP contribution in [0.4, 0.5) is 5.69 Å². The number of halogens is 2. The van der Waals surface area contributed by atoms with E-state index in [-0.39, 0.29) is 22.5 Å². The van der Waals surface area contributed by atoms with Crippen molar-refractivity contribution in [1.29, 1.82) is 0 Å². The zero-order valence-electron chi connectivity index (χ0n) is 8.71. The molecular formula is C10H5ClIN3O3. The lowest BCUT2D eigenvalue weighted by atomic mass is 10.3. The number of hydrogen-bond donors (Lipinski definition) is 0. The van der Waals surface area contributed by atoms with Gasteiger partial charge in [0.2, 0.25) is 0 Å². The standard InChI is InChI=1S/C10H5ClIN3O3/c11-8-2-1-7(15(16)17)3-9(8)18-10-13-4-6(12)5-14-10/h1-5H. The molecular weight excluding hydrogens is 372 g/mol. The maximum Gasteiger partial charge on any atom is 0.321 e. The molecule has 8 heteroatoms. The van der Waals surface area contributed by atoms with Gasteiger partial charge in [-0.2, -0.15) is 0 Å². The maximum absolute atomic E-state index is 10.6. The highest BCUT2D eigenvalue weighted by atomic mass is 127. The van der Waals surface area contributed by atoms with Crippen LogP contribution in [0.5, 0.6) is 11.8 Å². The summed E-state index contributed by atoms with van der Waals surface area (Å²) >= 11 is 7.93. The summed E-state index contributed by atoms with van der Waals surface area (Å²) < 4.78 is 6.14. The number of aromatic nitrogens is 2. The first-order valence-corrected chi connectivity index (χ1v) is 6.11. The molecule has 2 rings (SSSR count). The molecule has 0 radical (unpaired) electrons. The molecule has 2 aromatic rings. The molecule has 0 amide bonds. The van der Waals surface area contributed by atoms with Crippen molar-refractivity contribution in [3.63, 3.8) is 0 Å². The molecule has 0 saturated heterocycles. The van der Waals surface area contributed by atoms with E-state index in [1.807, 2.05) is 0 Å². The third-order valence-corrected chi connectivity index (χ3v) is 2.79. The number of nitrogens with zero attached hydrogens (tertiary/aromatic N) is 3. The minimum Gasteiger partial charge on any atom is -0.422 e. The van der Waals surface area contributed by atoms with E-state index in [2.05, 4.69) is 32.6 Å². The molecule has 6 nitrogen and oxygen atoms in total. The predicted molar refractivity (Wildman–Crippen MR) is 72.9 cm³/mol. The van der Waals surface area contributed by atoms with Gasteiger partial charge >= 0.3 is 6.01 Å². The first-order valence-electron chi connectivity index (χ1n) is 4.65. The van der Waals surface area contributed by atoms with Gasteiger partial charge in [0.25, 0.3) is 5.69 Å². The fraction of sp³-hybridized carbons (Fsp3) is 0. The maximum atomic E-state index is 10.6. The Bertz CT molecular complexity index is 591. The van der Waals surface area contributed by atoms with E-state index < -0.39 is 4.92 Å². The lowest BCUT2D eigenvalue weighted by Crippen LogP contribution is -1.94.